The van der Waals surface area contributed by atoms with Crippen molar-refractivity contribution in [3.05, 3.63) is 34.9 Å². The Kier molecular flexibility index (Phi) is 11.2. The predicted octanol–water partition coefficient (Wildman–Crippen LogP) is 7.17. The molecule has 0 aliphatic rings. The monoisotopic (exact) mass is 410 g/mol. The van der Waals surface area contributed by atoms with E-state index >= 15 is 0 Å². The van der Waals surface area contributed by atoms with Gasteiger partial charge in [-0.3, -0.25) is 0 Å². The van der Waals surface area contributed by atoms with Gasteiger partial charge in [0, 0.05) is 0 Å². The SMILES string of the molecule is CC(C)(C)c1ccc(CCCCCCCCCCOP(O)O)c(C(C)(C)C)c1. The first-order chi connectivity index (χ1) is 13.0. The Labute approximate surface area is 174 Å². The van der Waals surface area contributed by atoms with E-state index in [1.165, 1.54) is 61.6 Å². The van der Waals surface area contributed by atoms with Gasteiger partial charge >= 0.3 is 8.60 Å². The molecule has 0 aliphatic heterocycles. The standard InChI is InChI=1S/C24H43O3P/c1-23(2,3)21-17-16-20(22(19-21)24(4,5)6)15-13-11-9-7-8-10-12-14-18-27-28(25)26/h16-17,19,25-26H,7-15,18H2,1-6H3. The van der Waals surface area contributed by atoms with Crippen molar-refractivity contribution in [2.24, 2.45) is 0 Å². The Balaban J connectivity index is 2.32. The average Bonchev–Trinajstić information content (AvgIpc) is 2.57. The molecule has 0 bridgehead atoms. The topological polar surface area (TPSA) is 49.7 Å². The molecule has 1 aromatic rings. The Bertz CT molecular complexity index is 556. The highest BCUT2D eigenvalue weighted by Gasteiger charge is 2.21. The second-order valence-electron chi connectivity index (χ2n) is 10.0. The van der Waals surface area contributed by atoms with Gasteiger partial charge in [0.05, 0.1) is 6.61 Å². The second-order valence-corrected chi connectivity index (χ2v) is 10.8. The summed E-state index contributed by atoms with van der Waals surface area (Å²) in [5.74, 6) is 0. The van der Waals surface area contributed by atoms with Gasteiger partial charge in [-0.05, 0) is 46.8 Å². The zero-order valence-corrected chi connectivity index (χ0v) is 19.9. The fourth-order valence-corrected chi connectivity index (χ4v) is 3.88. The second kappa shape index (κ2) is 12.3. The highest BCUT2D eigenvalue weighted by atomic mass is 31.2. The van der Waals surface area contributed by atoms with Crippen molar-refractivity contribution in [3.8, 4) is 0 Å². The van der Waals surface area contributed by atoms with E-state index < -0.39 is 8.60 Å². The molecule has 4 heteroatoms. The summed E-state index contributed by atoms with van der Waals surface area (Å²) in [6.45, 7) is 14.3. The lowest BCUT2D eigenvalue weighted by Gasteiger charge is -2.27. The van der Waals surface area contributed by atoms with Gasteiger partial charge in [0.15, 0.2) is 0 Å². The minimum absolute atomic E-state index is 0.188. The molecule has 0 spiro atoms. The lowest BCUT2D eigenvalue weighted by molar-refractivity contribution is 0.248. The van der Waals surface area contributed by atoms with Crippen LogP contribution in [0.3, 0.4) is 0 Å². The van der Waals surface area contributed by atoms with Crippen LogP contribution in [0.15, 0.2) is 18.2 Å². The summed E-state index contributed by atoms with van der Waals surface area (Å²) in [5.41, 5.74) is 4.85. The molecule has 0 fully saturated rings. The van der Waals surface area contributed by atoms with Crippen LogP contribution in [0.25, 0.3) is 0 Å². The van der Waals surface area contributed by atoms with Gasteiger partial charge in [0.2, 0.25) is 0 Å². The molecule has 0 aromatic heterocycles. The number of rotatable bonds is 12. The molecule has 0 atom stereocenters. The third-order valence-electron chi connectivity index (χ3n) is 5.33. The fraction of sp³-hybridized carbons (Fsp3) is 0.750. The average molecular weight is 411 g/mol. The van der Waals surface area contributed by atoms with Crippen molar-refractivity contribution < 1.29 is 14.3 Å². The summed E-state index contributed by atoms with van der Waals surface area (Å²) in [6.07, 6.45) is 10.8. The van der Waals surface area contributed by atoms with Crippen molar-refractivity contribution in [1.82, 2.24) is 0 Å². The van der Waals surface area contributed by atoms with Crippen LogP contribution in [0, 0.1) is 0 Å². The van der Waals surface area contributed by atoms with Crippen LogP contribution < -0.4 is 0 Å². The van der Waals surface area contributed by atoms with E-state index in [1.807, 2.05) is 0 Å². The zero-order chi connectivity index (χ0) is 21.2. The van der Waals surface area contributed by atoms with Gasteiger partial charge in [-0.1, -0.05) is 98.3 Å². The van der Waals surface area contributed by atoms with Gasteiger partial charge in [-0.15, -0.1) is 0 Å². The first-order valence-electron chi connectivity index (χ1n) is 11.0. The lowest BCUT2D eigenvalue weighted by atomic mass is 9.77. The van der Waals surface area contributed by atoms with Crippen LogP contribution in [-0.4, -0.2) is 16.4 Å². The Morgan fingerprint density at radius 1 is 0.750 bits per heavy atom. The van der Waals surface area contributed by atoms with Crippen molar-refractivity contribution in [1.29, 1.82) is 0 Å². The molecule has 0 radical (unpaired) electrons. The third kappa shape index (κ3) is 10.3. The van der Waals surface area contributed by atoms with E-state index in [-0.39, 0.29) is 10.8 Å². The first kappa shape index (κ1) is 25.6. The van der Waals surface area contributed by atoms with Crippen LogP contribution in [-0.2, 0) is 21.8 Å². The molecular weight excluding hydrogens is 367 g/mol. The van der Waals surface area contributed by atoms with Crippen molar-refractivity contribution in [3.63, 3.8) is 0 Å². The number of benzene rings is 1. The molecule has 3 nitrogen and oxygen atoms in total. The minimum Gasteiger partial charge on any atom is -0.328 e. The third-order valence-corrected chi connectivity index (χ3v) is 5.74. The van der Waals surface area contributed by atoms with Crippen molar-refractivity contribution in [2.45, 2.75) is 110 Å². The minimum atomic E-state index is -2.17. The molecule has 28 heavy (non-hydrogen) atoms. The predicted molar refractivity (Wildman–Crippen MR) is 122 cm³/mol. The Morgan fingerprint density at radius 3 is 1.79 bits per heavy atom. The maximum absolute atomic E-state index is 8.67. The number of hydrogen-bond donors (Lipinski definition) is 2. The summed E-state index contributed by atoms with van der Waals surface area (Å²) < 4.78 is 4.78. The summed E-state index contributed by atoms with van der Waals surface area (Å²) >= 11 is 0. The van der Waals surface area contributed by atoms with Crippen LogP contribution in [0.2, 0.25) is 0 Å². The summed E-state index contributed by atoms with van der Waals surface area (Å²) in [4.78, 5) is 17.3. The van der Waals surface area contributed by atoms with Gasteiger partial charge in [0.25, 0.3) is 0 Å². The van der Waals surface area contributed by atoms with Crippen LogP contribution in [0.4, 0.5) is 0 Å². The molecule has 0 heterocycles. The highest BCUT2D eigenvalue weighted by molar-refractivity contribution is 7.39. The van der Waals surface area contributed by atoms with E-state index in [2.05, 4.69) is 59.7 Å². The van der Waals surface area contributed by atoms with Crippen molar-refractivity contribution in [2.75, 3.05) is 6.61 Å². The fourth-order valence-electron chi connectivity index (χ4n) is 3.58. The molecule has 1 aromatic carbocycles. The number of unbranched alkanes of at least 4 members (excludes halogenated alkanes) is 7. The maximum atomic E-state index is 8.67. The van der Waals surface area contributed by atoms with E-state index in [9.17, 15) is 0 Å². The molecule has 0 saturated heterocycles. The van der Waals surface area contributed by atoms with E-state index in [4.69, 9.17) is 14.3 Å². The lowest BCUT2D eigenvalue weighted by Crippen LogP contribution is -2.18. The van der Waals surface area contributed by atoms with Crippen molar-refractivity contribution >= 4 is 8.60 Å². The van der Waals surface area contributed by atoms with Crippen LogP contribution in [0.1, 0.15) is 110 Å². The van der Waals surface area contributed by atoms with E-state index in [0.717, 1.165) is 12.8 Å². The zero-order valence-electron chi connectivity index (χ0n) is 19.1. The van der Waals surface area contributed by atoms with Gasteiger partial charge in [0.1, 0.15) is 0 Å². The molecule has 0 unspecified atom stereocenters. The van der Waals surface area contributed by atoms with Gasteiger partial charge in [-0.25, -0.2) is 0 Å². The molecule has 162 valence electrons. The van der Waals surface area contributed by atoms with Gasteiger partial charge < -0.3 is 14.3 Å². The van der Waals surface area contributed by atoms with Gasteiger partial charge in [-0.2, -0.15) is 0 Å². The molecule has 2 N–H and O–H groups in total. The first-order valence-corrected chi connectivity index (χ1v) is 12.1. The number of hydrogen-bond acceptors (Lipinski definition) is 3. The molecule has 0 amide bonds. The molecule has 0 saturated carbocycles. The summed E-state index contributed by atoms with van der Waals surface area (Å²) in [6, 6.07) is 7.13. The molecule has 1 rings (SSSR count). The maximum Gasteiger partial charge on any atom is 0.327 e. The molecular formula is C24H43O3P. The smallest absolute Gasteiger partial charge is 0.327 e. The number of aryl methyl sites for hydroxylation is 1. The summed E-state index contributed by atoms with van der Waals surface area (Å²) in [5, 5.41) is 0. The van der Waals surface area contributed by atoms with E-state index in [0.29, 0.717) is 6.61 Å². The Hall–Kier alpha value is -0.470. The van der Waals surface area contributed by atoms with E-state index in [1.54, 1.807) is 0 Å². The molecule has 0 aliphatic carbocycles. The Morgan fingerprint density at radius 2 is 1.29 bits per heavy atom. The quantitative estimate of drug-likeness (QED) is 0.283. The van der Waals surface area contributed by atoms with Crippen LogP contribution in [0.5, 0.6) is 0 Å². The normalized spacial score (nSPS) is 12.8. The largest absolute Gasteiger partial charge is 0.328 e. The summed E-state index contributed by atoms with van der Waals surface area (Å²) in [7, 11) is -2.17. The highest BCUT2D eigenvalue weighted by Crippen LogP contribution is 2.32. The van der Waals surface area contributed by atoms with Crippen LogP contribution >= 0.6 is 8.60 Å².